The van der Waals surface area contributed by atoms with Crippen LogP contribution in [0.15, 0.2) is 24.3 Å². The molecule has 74 valence electrons. The number of rotatable bonds is 2. The van der Waals surface area contributed by atoms with E-state index in [1.807, 2.05) is 0 Å². The van der Waals surface area contributed by atoms with Crippen LogP contribution in [0.1, 0.15) is 12.6 Å². The summed E-state index contributed by atoms with van der Waals surface area (Å²) in [7, 11) is 1.75. The zero-order valence-electron chi connectivity index (χ0n) is 7.15. The third-order valence-corrected chi connectivity index (χ3v) is 1.66. The minimum Gasteiger partial charge on any atom is -0.316 e. The Bertz CT molecular complexity index is 268. The van der Waals surface area contributed by atoms with E-state index >= 15 is 0 Å². The molecule has 1 aromatic rings. The van der Waals surface area contributed by atoms with Crippen LogP contribution in [-0.4, -0.2) is 7.05 Å². The average molecular weight is 191 g/mol. The van der Waals surface area contributed by atoms with Crippen LogP contribution in [0.5, 0.6) is 0 Å². The Kier molecular flexibility index (Phi) is 2.93. The molecule has 0 heterocycles. The summed E-state index contributed by atoms with van der Waals surface area (Å²) in [5.41, 5.74) is 0.239. The van der Waals surface area contributed by atoms with Crippen molar-refractivity contribution >= 4 is 0 Å². The topological polar surface area (TPSA) is 12.0 Å². The van der Waals surface area contributed by atoms with Crippen LogP contribution in [-0.2, 0) is 12.7 Å². The van der Waals surface area contributed by atoms with E-state index in [0.717, 1.165) is 17.7 Å². The lowest BCUT2D eigenvalue weighted by atomic mass is 10.1. The van der Waals surface area contributed by atoms with Gasteiger partial charge in [0.25, 0.3) is 0 Å². The summed E-state index contributed by atoms with van der Waals surface area (Å²) >= 11 is 0. The minimum absolute atomic E-state index is 0. The molecular weight excluding hydrogens is 179 g/mol. The second-order valence-corrected chi connectivity index (χ2v) is 2.73. The first-order valence-corrected chi connectivity index (χ1v) is 3.85. The van der Waals surface area contributed by atoms with Crippen molar-refractivity contribution in [3.05, 3.63) is 35.4 Å². The molecule has 0 radical (unpaired) electrons. The smallest absolute Gasteiger partial charge is 0.316 e. The largest absolute Gasteiger partial charge is 0.416 e. The number of halogens is 3. The first kappa shape index (κ1) is 10.1. The van der Waals surface area contributed by atoms with Gasteiger partial charge in [-0.1, -0.05) is 12.1 Å². The molecule has 0 saturated heterocycles. The Balaban J connectivity index is 0.00000169. The van der Waals surface area contributed by atoms with Crippen molar-refractivity contribution in [1.29, 1.82) is 0 Å². The maximum Gasteiger partial charge on any atom is 0.416 e. The van der Waals surface area contributed by atoms with Crippen LogP contribution in [0.3, 0.4) is 0 Å². The summed E-state index contributed by atoms with van der Waals surface area (Å²) < 4.78 is 36.3. The average Bonchev–Trinajstić information content (AvgIpc) is 2.04. The number of hydrogen-bond donors (Lipinski definition) is 1. The zero-order valence-corrected chi connectivity index (χ0v) is 7.15. The molecule has 0 spiro atoms. The summed E-state index contributed by atoms with van der Waals surface area (Å²) in [4.78, 5) is 0. The van der Waals surface area contributed by atoms with E-state index in [4.69, 9.17) is 0 Å². The van der Waals surface area contributed by atoms with Gasteiger partial charge in [0.2, 0.25) is 0 Å². The molecule has 1 aromatic carbocycles. The molecule has 0 aliphatic carbocycles. The van der Waals surface area contributed by atoms with Crippen molar-refractivity contribution in [2.75, 3.05) is 7.05 Å². The summed E-state index contributed by atoms with van der Waals surface area (Å²) in [5.74, 6) is 0. The van der Waals surface area contributed by atoms with E-state index < -0.39 is 11.7 Å². The van der Waals surface area contributed by atoms with Crippen LogP contribution < -0.4 is 5.32 Å². The highest BCUT2D eigenvalue weighted by Crippen LogP contribution is 2.28. The van der Waals surface area contributed by atoms with Gasteiger partial charge >= 0.3 is 6.18 Å². The Morgan fingerprint density at radius 2 is 1.77 bits per heavy atom. The van der Waals surface area contributed by atoms with Crippen molar-refractivity contribution in [3.8, 4) is 0 Å². The standard InChI is InChI=1S/C9H10F3N.H2/c1-13-6-7-2-4-8(5-3-7)9(10,11)12;/h2-5,13H,6H2,1H3;1H. The van der Waals surface area contributed by atoms with Gasteiger partial charge in [0.05, 0.1) is 5.56 Å². The van der Waals surface area contributed by atoms with E-state index in [1.165, 1.54) is 12.1 Å². The molecule has 1 rings (SSSR count). The summed E-state index contributed by atoms with van der Waals surface area (Å²) in [6.45, 7) is 0.581. The molecule has 0 fully saturated rings. The molecule has 0 aliphatic rings. The molecule has 0 unspecified atom stereocenters. The van der Waals surface area contributed by atoms with Crippen LogP contribution in [0.2, 0.25) is 0 Å². The van der Waals surface area contributed by atoms with E-state index in [0.29, 0.717) is 6.54 Å². The molecule has 0 amide bonds. The molecule has 1 N–H and O–H groups in total. The van der Waals surface area contributed by atoms with Gasteiger partial charge in [-0.3, -0.25) is 0 Å². The highest BCUT2D eigenvalue weighted by atomic mass is 19.4. The lowest BCUT2D eigenvalue weighted by Crippen LogP contribution is -2.07. The van der Waals surface area contributed by atoms with Gasteiger partial charge in [0.1, 0.15) is 0 Å². The quantitative estimate of drug-likeness (QED) is 0.757. The third kappa shape index (κ3) is 2.73. The zero-order chi connectivity index (χ0) is 9.90. The highest BCUT2D eigenvalue weighted by Gasteiger charge is 2.29. The molecule has 0 aliphatic heterocycles. The maximum atomic E-state index is 12.1. The van der Waals surface area contributed by atoms with Crippen molar-refractivity contribution in [2.45, 2.75) is 12.7 Å². The van der Waals surface area contributed by atoms with Crippen molar-refractivity contribution in [2.24, 2.45) is 0 Å². The van der Waals surface area contributed by atoms with Crippen molar-refractivity contribution < 1.29 is 14.6 Å². The fraction of sp³-hybridized carbons (Fsp3) is 0.333. The van der Waals surface area contributed by atoms with E-state index in [9.17, 15) is 13.2 Å². The third-order valence-electron chi connectivity index (χ3n) is 1.66. The first-order valence-electron chi connectivity index (χ1n) is 3.85. The van der Waals surface area contributed by atoms with E-state index in [2.05, 4.69) is 5.32 Å². The maximum absolute atomic E-state index is 12.1. The summed E-state index contributed by atoms with van der Waals surface area (Å²) in [6.07, 6.45) is -4.24. The number of nitrogens with one attached hydrogen (secondary N) is 1. The number of alkyl halides is 3. The van der Waals surface area contributed by atoms with Crippen LogP contribution in [0, 0.1) is 0 Å². The normalized spacial score (nSPS) is 11.7. The van der Waals surface area contributed by atoms with Gasteiger partial charge in [0.15, 0.2) is 0 Å². The molecule has 0 atom stereocenters. The lowest BCUT2D eigenvalue weighted by molar-refractivity contribution is -0.137. The second kappa shape index (κ2) is 3.79. The van der Waals surface area contributed by atoms with Gasteiger partial charge in [-0.25, -0.2) is 0 Å². The van der Waals surface area contributed by atoms with E-state index in [1.54, 1.807) is 7.05 Å². The first-order chi connectivity index (χ1) is 6.04. The Morgan fingerprint density at radius 1 is 1.23 bits per heavy atom. The molecule has 1 nitrogen and oxygen atoms in total. The van der Waals surface area contributed by atoms with Gasteiger partial charge in [-0.05, 0) is 24.7 Å². The predicted molar refractivity (Wildman–Crippen MR) is 46.3 cm³/mol. The van der Waals surface area contributed by atoms with Gasteiger partial charge in [-0.2, -0.15) is 13.2 Å². The minimum atomic E-state index is -4.24. The Hall–Kier alpha value is -1.03. The van der Waals surface area contributed by atoms with Gasteiger partial charge in [0, 0.05) is 7.97 Å². The van der Waals surface area contributed by atoms with Crippen molar-refractivity contribution in [3.63, 3.8) is 0 Å². The number of benzene rings is 1. The van der Waals surface area contributed by atoms with Crippen LogP contribution in [0.4, 0.5) is 13.2 Å². The molecule has 13 heavy (non-hydrogen) atoms. The monoisotopic (exact) mass is 191 g/mol. The Labute approximate surface area is 76.1 Å². The molecule has 4 heteroatoms. The lowest BCUT2D eigenvalue weighted by Gasteiger charge is -2.06. The number of hydrogen-bond acceptors (Lipinski definition) is 1. The van der Waals surface area contributed by atoms with Crippen LogP contribution >= 0.6 is 0 Å². The van der Waals surface area contributed by atoms with Gasteiger partial charge in [-0.15, -0.1) is 0 Å². The van der Waals surface area contributed by atoms with Crippen LogP contribution in [0.25, 0.3) is 0 Å². The fourth-order valence-corrected chi connectivity index (χ4v) is 1.02. The molecule has 0 aromatic heterocycles. The van der Waals surface area contributed by atoms with Crippen molar-refractivity contribution in [1.82, 2.24) is 5.32 Å². The van der Waals surface area contributed by atoms with E-state index in [-0.39, 0.29) is 1.43 Å². The van der Waals surface area contributed by atoms with Gasteiger partial charge < -0.3 is 5.32 Å². The summed E-state index contributed by atoms with van der Waals surface area (Å²) in [6, 6.07) is 5.12. The Morgan fingerprint density at radius 3 is 2.15 bits per heavy atom. The highest BCUT2D eigenvalue weighted by molar-refractivity contribution is 5.24. The fourth-order valence-electron chi connectivity index (χ4n) is 1.02. The SMILES string of the molecule is CNCc1ccc(C(F)(F)F)cc1.[HH]. The molecular formula is C9H12F3N. The summed E-state index contributed by atoms with van der Waals surface area (Å²) in [5, 5.41) is 2.86. The second-order valence-electron chi connectivity index (χ2n) is 2.73. The predicted octanol–water partition coefficient (Wildman–Crippen LogP) is 2.67. The molecule has 0 bridgehead atoms. The molecule has 0 saturated carbocycles.